The summed E-state index contributed by atoms with van der Waals surface area (Å²) in [6.07, 6.45) is 2.35. The highest BCUT2D eigenvalue weighted by Crippen LogP contribution is 2.15. The minimum Gasteiger partial charge on any atom is -0.382 e. The van der Waals surface area contributed by atoms with Gasteiger partial charge in [-0.3, -0.25) is 0 Å². The Morgan fingerprint density at radius 2 is 2.00 bits per heavy atom. The second kappa shape index (κ2) is 4.67. The topological polar surface area (TPSA) is 42.5 Å². The van der Waals surface area contributed by atoms with Gasteiger partial charge in [-0.05, 0) is 18.4 Å². The first-order valence-electron chi connectivity index (χ1n) is 3.90. The summed E-state index contributed by atoms with van der Waals surface area (Å²) >= 11 is 0. The molecule has 0 atom stereocenters. The van der Waals surface area contributed by atoms with Crippen LogP contribution in [0.1, 0.15) is 18.4 Å². The van der Waals surface area contributed by atoms with Gasteiger partial charge in [-0.1, -0.05) is 30.3 Å². The summed E-state index contributed by atoms with van der Waals surface area (Å²) in [4.78, 5) is 0. The quantitative estimate of drug-likeness (QED) is 0.669. The SMILES string of the molecule is [N]=CCC[C](O)c1ccccc1. The van der Waals surface area contributed by atoms with Crippen molar-refractivity contribution in [1.29, 1.82) is 0 Å². The fourth-order valence-corrected chi connectivity index (χ4v) is 0.976. The molecule has 0 aliphatic rings. The number of aliphatic hydroxyl groups is 1. The second-order valence-electron chi connectivity index (χ2n) is 2.53. The highest BCUT2D eigenvalue weighted by molar-refractivity contribution is 5.54. The lowest BCUT2D eigenvalue weighted by Crippen LogP contribution is -1.98. The molecule has 0 aliphatic heterocycles. The summed E-state index contributed by atoms with van der Waals surface area (Å²) in [5.74, 6) is 0. The van der Waals surface area contributed by atoms with Crippen molar-refractivity contribution in [3.8, 4) is 0 Å². The van der Waals surface area contributed by atoms with E-state index in [-0.39, 0.29) is 0 Å². The summed E-state index contributed by atoms with van der Waals surface area (Å²) in [6.45, 7) is 0. The maximum Gasteiger partial charge on any atom is 0.123 e. The Bertz CT molecular complexity index is 233. The Kier molecular flexibility index (Phi) is 3.48. The minimum atomic E-state index is 0.320. The van der Waals surface area contributed by atoms with Crippen LogP contribution in [0.2, 0.25) is 0 Å². The van der Waals surface area contributed by atoms with Crippen LogP contribution >= 0.6 is 0 Å². The molecule has 0 amide bonds. The van der Waals surface area contributed by atoms with Gasteiger partial charge in [-0.2, -0.15) is 5.41 Å². The van der Waals surface area contributed by atoms with Crippen LogP contribution in [-0.2, 0) is 0 Å². The van der Waals surface area contributed by atoms with Crippen molar-refractivity contribution < 1.29 is 5.11 Å². The van der Waals surface area contributed by atoms with Crippen LogP contribution in [0.4, 0.5) is 0 Å². The fraction of sp³-hybridized carbons (Fsp3) is 0.200. The molecule has 1 N–H and O–H groups in total. The number of hydrogen-bond acceptors (Lipinski definition) is 1. The van der Waals surface area contributed by atoms with Crippen LogP contribution < -0.4 is 5.41 Å². The van der Waals surface area contributed by atoms with Crippen molar-refractivity contribution in [2.24, 2.45) is 0 Å². The zero-order valence-corrected chi connectivity index (χ0v) is 6.77. The summed E-state index contributed by atoms with van der Waals surface area (Å²) < 4.78 is 0. The molecule has 2 nitrogen and oxygen atoms in total. The van der Waals surface area contributed by atoms with Crippen molar-refractivity contribution in [3.63, 3.8) is 0 Å². The number of hydrogen-bond donors (Lipinski definition) is 1. The summed E-state index contributed by atoms with van der Waals surface area (Å²) in [5, 5.41) is 17.8. The van der Waals surface area contributed by atoms with E-state index in [1.807, 2.05) is 30.3 Å². The average Bonchev–Trinajstić information content (AvgIpc) is 2.15. The lowest BCUT2D eigenvalue weighted by atomic mass is 10.1. The molecule has 0 spiro atoms. The maximum atomic E-state index is 9.44. The summed E-state index contributed by atoms with van der Waals surface area (Å²) in [7, 11) is 0. The molecular weight excluding hydrogens is 150 g/mol. The molecule has 0 heterocycles. The summed E-state index contributed by atoms with van der Waals surface area (Å²) in [5.41, 5.74) is 0.819. The van der Waals surface area contributed by atoms with Crippen molar-refractivity contribution in [2.75, 3.05) is 0 Å². The maximum absolute atomic E-state index is 9.44. The molecule has 0 aromatic heterocycles. The Labute approximate surface area is 72.4 Å². The van der Waals surface area contributed by atoms with Gasteiger partial charge >= 0.3 is 0 Å². The highest BCUT2D eigenvalue weighted by atomic mass is 16.3. The van der Waals surface area contributed by atoms with E-state index in [0.717, 1.165) is 11.8 Å². The molecule has 1 rings (SSSR count). The molecule has 0 aliphatic carbocycles. The molecule has 12 heavy (non-hydrogen) atoms. The molecule has 0 bridgehead atoms. The lowest BCUT2D eigenvalue weighted by Gasteiger charge is -2.06. The second-order valence-corrected chi connectivity index (χ2v) is 2.53. The molecule has 0 unspecified atom stereocenters. The molecule has 0 saturated heterocycles. The molecule has 1 aromatic rings. The van der Waals surface area contributed by atoms with Crippen LogP contribution in [0.15, 0.2) is 30.3 Å². The zero-order chi connectivity index (χ0) is 8.81. The largest absolute Gasteiger partial charge is 0.382 e. The molecule has 0 saturated carbocycles. The molecule has 0 fully saturated rings. The van der Waals surface area contributed by atoms with Crippen LogP contribution in [0.3, 0.4) is 0 Å². The predicted octanol–water partition coefficient (Wildman–Crippen LogP) is 1.59. The average molecular weight is 161 g/mol. The first kappa shape index (κ1) is 8.94. The van der Waals surface area contributed by atoms with Crippen molar-refractivity contribution in [1.82, 2.24) is 5.41 Å². The first-order valence-corrected chi connectivity index (χ1v) is 3.90. The number of nitrogens with zero attached hydrogens (tertiary/aromatic N) is 1. The monoisotopic (exact) mass is 161 g/mol. The van der Waals surface area contributed by atoms with E-state index in [9.17, 15) is 5.11 Å². The van der Waals surface area contributed by atoms with Gasteiger partial charge in [0, 0.05) is 6.21 Å². The van der Waals surface area contributed by atoms with Crippen molar-refractivity contribution in [3.05, 3.63) is 42.0 Å². The number of aliphatic hydroxyl groups excluding tert-OH is 1. The van der Waals surface area contributed by atoms with Gasteiger partial charge in [-0.25, -0.2) is 0 Å². The van der Waals surface area contributed by atoms with Crippen LogP contribution in [0.25, 0.3) is 0 Å². The van der Waals surface area contributed by atoms with E-state index < -0.39 is 0 Å². The van der Waals surface area contributed by atoms with Crippen LogP contribution in [-0.4, -0.2) is 11.3 Å². The standard InChI is InChI=1S/C10H11NO/c11-8-4-7-10(12)9-5-2-1-3-6-9/h1-3,5-6,8,12H,4,7H2. The van der Waals surface area contributed by atoms with E-state index in [0.29, 0.717) is 18.9 Å². The predicted molar refractivity (Wildman–Crippen MR) is 48.2 cm³/mol. The van der Waals surface area contributed by atoms with Gasteiger partial charge in [0.15, 0.2) is 0 Å². The third-order valence-electron chi connectivity index (χ3n) is 1.62. The fourth-order valence-electron chi connectivity index (χ4n) is 0.976. The van der Waals surface area contributed by atoms with E-state index in [1.165, 1.54) is 0 Å². The van der Waals surface area contributed by atoms with Gasteiger partial charge in [-0.15, -0.1) is 0 Å². The van der Waals surface area contributed by atoms with E-state index in [4.69, 9.17) is 5.41 Å². The van der Waals surface area contributed by atoms with Gasteiger partial charge < -0.3 is 5.11 Å². The van der Waals surface area contributed by atoms with Gasteiger partial charge in [0.1, 0.15) is 6.10 Å². The summed E-state index contributed by atoms with van der Waals surface area (Å²) in [6, 6.07) is 9.32. The zero-order valence-electron chi connectivity index (χ0n) is 6.77. The lowest BCUT2D eigenvalue weighted by molar-refractivity contribution is 0.315. The third-order valence-corrected chi connectivity index (χ3v) is 1.62. The van der Waals surface area contributed by atoms with Gasteiger partial charge in [0.2, 0.25) is 0 Å². The van der Waals surface area contributed by atoms with Gasteiger partial charge in [0.05, 0.1) is 0 Å². The highest BCUT2D eigenvalue weighted by Gasteiger charge is 2.05. The van der Waals surface area contributed by atoms with Crippen LogP contribution in [0, 0.1) is 6.10 Å². The van der Waals surface area contributed by atoms with Crippen molar-refractivity contribution >= 4 is 6.21 Å². The molecule has 2 heteroatoms. The normalized spacial score (nSPS) is 10.2. The Balaban J connectivity index is 2.53. The smallest absolute Gasteiger partial charge is 0.123 e. The molecule has 62 valence electrons. The van der Waals surface area contributed by atoms with E-state index in [1.54, 1.807) is 0 Å². The Morgan fingerprint density at radius 1 is 1.33 bits per heavy atom. The van der Waals surface area contributed by atoms with E-state index >= 15 is 0 Å². The molecular formula is C10H11NO. The Hall–Kier alpha value is -1.15. The molecule has 2 radical (unpaired) electrons. The number of rotatable bonds is 4. The van der Waals surface area contributed by atoms with Crippen LogP contribution in [0.5, 0.6) is 0 Å². The third kappa shape index (κ3) is 2.47. The van der Waals surface area contributed by atoms with Crippen molar-refractivity contribution in [2.45, 2.75) is 12.8 Å². The minimum absolute atomic E-state index is 0.320. The first-order chi connectivity index (χ1) is 5.84. The van der Waals surface area contributed by atoms with Gasteiger partial charge in [0.25, 0.3) is 0 Å². The molecule has 1 aromatic carbocycles. The van der Waals surface area contributed by atoms with E-state index in [2.05, 4.69) is 0 Å². The Morgan fingerprint density at radius 3 is 2.58 bits per heavy atom. The number of benzene rings is 1.